The van der Waals surface area contributed by atoms with Gasteiger partial charge in [-0.3, -0.25) is 9.59 Å². The molecule has 1 heterocycles. The van der Waals surface area contributed by atoms with Gasteiger partial charge in [-0.2, -0.15) is 0 Å². The highest BCUT2D eigenvalue weighted by molar-refractivity contribution is 6.46. The maximum Gasteiger partial charge on any atom is 0.282 e. The molecule has 0 aliphatic carbocycles. The summed E-state index contributed by atoms with van der Waals surface area (Å²) >= 11 is 0. The Bertz CT molecular complexity index is 1290. The van der Waals surface area contributed by atoms with Gasteiger partial charge in [-0.15, -0.1) is 0 Å². The largest absolute Gasteiger partial charge is 0.494 e. The first-order chi connectivity index (χ1) is 16.3. The minimum absolute atomic E-state index is 0.274. The van der Waals surface area contributed by atoms with E-state index < -0.39 is 0 Å². The molecule has 5 nitrogen and oxygen atoms in total. The van der Waals surface area contributed by atoms with Crippen molar-refractivity contribution in [2.45, 2.75) is 41.0 Å². The molecule has 3 aromatic rings. The predicted octanol–water partition coefficient (Wildman–Crippen LogP) is 6.11. The van der Waals surface area contributed by atoms with Gasteiger partial charge in [0, 0.05) is 5.69 Å². The first-order valence-corrected chi connectivity index (χ1v) is 11.6. The fraction of sp³-hybridized carbons (Fsp3) is 0.241. The second-order valence-electron chi connectivity index (χ2n) is 8.78. The Balaban J connectivity index is 1.79. The minimum Gasteiger partial charge on any atom is -0.494 e. The van der Waals surface area contributed by atoms with Crippen LogP contribution in [-0.4, -0.2) is 18.4 Å². The Kier molecular flexibility index (Phi) is 6.55. The van der Waals surface area contributed by atoms with Gasteiger partial charge in [-0.05, 0) is 86.7 Å². The number of hydrogen-bond donors (Lipinski definition) is 1. The third-order valence-electron chi connectivity index (χ3n) is 6.07. The van der Waals surface area contributed by atoms with Gasteiger partial charge in [0.15, 0.2) is 0 Å². The number of amides is 2. The standard InChI is InChI=1S/C29H30N2O3/c1-6-15-34-24-12-9-22(10-13-24)26-27(30-23-11-8-19(3)20(4)17-23)29(33)31(28(26)32)25-14-7-18(2)16-21(25)5/h7-14,16-17,30H,6,15H2,1-5H3. The van der Waals surface area contributed by atoms with Crippen molar-refractivity contribution in [1.29, 1.82) is 0 Å². The van der Waals surface area contributed by atoms with E-state index in [9.17, 15) is 9.59 Å². The molecule has 0 fully saturated rings. The van der Waals surface area contributed by atoms with E-state index in [1.54, 1.807) is 0 Å². The Hall–Kier alpha value is -3.86. The van der Waals surface area contributed by atoms with E-state index >= 15 is 0 Å². The predicted molar refractivity (Wildman–Crippen MR) is 137 cm³/mol. The number of carbonyl (C=O) groups excluding carboxylic acids is 2. The summed E-state index contributed by atoms with van der Waals surface area (Å²) in [6.45, 7) is 10.6. The van der Waals surface area contributed by atoms with Gasteiger partial charge < -0.3 is 10.1 Å². The van der Waals surface area contributed by atoms with Crippen LogP contribution in [-0.2, 0) is 9.59 Å². The van der Waals surface area contributed by atoms with Crippen LogP contribution >= 0.6 is 0 Å². The number of benzene rings is 3. The average Bonchev–Trinajstić information content (AvgIpc) is 3.05. The summed E-state index contributed by atoms with van der Waals surface area (Å²) in [4.78, 5) is 28.6. The van der Waals surface area contributed by atoms with E-state index in [2.05, 4.69) is 5.32 Å². The van der Waals surface area contributed by atoms with E-state index in [4.69, 9.17) is 4.74 Å². The quantitative estimate of drug-likeness (QED) is 0.438. The lowest BCUT2D eigenvalue weighted by molar-refractivity contribution is -0.120. The van der Waals surface area contributed by atoms with Crippen molar-refractivity contribution in [1.82, 2.24) is 0 Å². The Morgan fingerprint density at radius 2 is 1.53 bits per heavy atom. The number of imide groups is 1. The van der Waals surface area contributed by atoms with Crippen LogP contribution in [0.4, 0.5) is 11.4 Å². The number of nitrogens with zero attached hydrogens (tertiary/aromatic N) is 1. The zero-order valence-electron chi connectivity index (χ0n) is 20.4. The molecular formula is C29H30N2O3. The van der Waals surface area contributed by atoms with Crippen molar-refractivity contribution >= 4 is 28.8 Å². The molecule has 0 bridgehead atoms. The van der Waals surface area contributed by atoms with Gasteiger partial charge >= 0.3 is 0 Å². The smallest absolute Gasteiger partial charge is 0.282 e. The lowest BCUT2D eigenvalue weighted by atomic mass is 10.0. The minimum atomic E-state index is -0.364. The molecule has 0 radical (unpaired) electrons. The summed E-state index contributed by atoms with van der Waals surface area (Å²) < 4.78 is 5.69. The zero-order chi connectivity index (χ0) is 24.4. The molecule has 0 saturated heterocycles. The van der Waals surface area contributed by atoms with Gasteiger partial charge in [0.05, 0.1) is 17.9 Å². The fourth-order valence-electron chi connectivity index (χ4n) is 4.09. The highest BCUT2D eigenvalue weighted by atomic mass is 16.5. The van der Waals surface area contributed by atoms with Gasteiger partial charge in [0.2, 0.25) is 0 Å². The molecular weight excluding hydrogens is 424 g/mol. The molecule has 3 aromatic carbocycles. The maximum atomic E-state index is 13.7. The highest BCUT2D eigenvalue weighted by Crippen LogP contribution is 2.36. The van der Waals surface area contributed by atoms with Crippen LogP contribution in [0.15, 0.2) is 66.4 Å². The fourth-order valence-corrected chi connectivity index (χ4v) is 4.09. The van der Waals surface area contributed by atoms with Crippen molar-refractivity contribution in [2.24, 2.45) is 0 Å². The monoisotopic (exact) mass is 454 g/mol. The Morgan fingerprint density at radius 1 is 0.794 bits per heavy atom. The normalized spacial score (nSPS) is 13.6. The number of rotatable bonds is 7. The molecule has 0 unspecified atom stereocenters. The molecule has 174 valence electrons. The number of hydrogen-bond acceptors (Lipinski definition) is 4. The first-order valence-electron chi connectivity index (χ1n) is 11.6. The third-order valence-corrected chi connectivity index (χ3v) is 6.07. The molecule has 1 N–H and O–H groups in total. The summed E-state index contributed by atoms with van der Waals surface area (Å²) in [7, 11) is 0. The van der Waals surface area contributed by atoms with Gasteiger partial charge in [0.1, 0.15) is 11.4 Å². The zero-order valence-corrected chi connectivity index (χ0v) is 20.4. The van der Waals surface area contributed by atoms with Crippen molar-refractivity contribution < 1.29 is 14.3 Å². The SMILES string of the molecule is CCCOc1ccc(C2=C(Nc3ccc(C)c(C)c3)C(=O)N(c3ccc(C)cc3C)C2=O)cc1. The topological polar surface area (TPSA) is 58.6 Å². The van der Waals surface area contributed by atoms with Crippen LogP contribution in [0.25, 0.3) is 5.57 Å². The van der Waals surface area contributed by atoms with Crippen LogP contribution < -0.4 is 15.0 Å². The molecule has 1 aliphatic rings. The van der Waals surface area contributed by atoms with Crippen LogP contribution in [0.5, 0.6) is 5.75 Å². The van der Waals surface area contributed by atoms with Crippen molar-refractivity contribution in [3.8, 4) is 5.75 Å². The van der Waals surface area contributed by atoms with E-state index in [0.717, 1.165) is 40.1 Å². The van der Waals surface area contributed by atoms with Gasteiger partial charge in [-0.1, -0.05) is 42.8 Å². The number of aryl methyl sites for hydroxylation is 4. The van der Waals surface area contributed by atoms with E-state index in [0.29, 0.717) is 23.4 Å². The van der Waals surface area contributed by atoms with Crippen LogP contribution in [0.3, 0.4) is 0 Å². The first kappa shape index (κ1) is 23.3. The summed E-state index contributed by atoms with van der Waals surface area (Å²) in [5.74, 6) is 0.0277. The van der Waals surface area contributed by atoms with Crippen molar-refractivity contribution in [3.05, 3.63) is 94.2 Å². The lowest BCUT2D eigenvalue weighted by Gasteiger charge is -2.18. The second-order valence-corrected chi connectivity index (χ2v) is 8.78. The van der Waals surface area contributed by atoms with E-state index in [1.165, 1.54) is 4.90 Å². The molecule has 1 aliphatic heterocycles. The van der Waals surface area contributed by atoms with Crippen LogP contribution in [0.1, 0.15) is 41.2 Å². The molecule has 34 heavy (non-hydrogen) atoms. The average molecular weight is 455 g/mol. The number of ether oxygens (including phenoxy) is 1. The molecule has 2 amide bonds. The Labute approximate surface area is 201 Å². The van der Waals surface area contributed by atoms with Gasteiger partial charge in [0.25, 0.3) is 11.8 Å². The summed E-state index contributed by atoms with van der Waals surface area (Å²) in [5.41, 5.74) is 6.86. The number of nitrogens with one attached hydrogen (secondary N) is 1. The second kappa shape index (κ2) is 9.56. The maximum absolute atomic E-state index is 13.7. The lowest BCUT2D eigenvalue weighted by Crippen LogP contribution is -2.33. The molecule has 0 spiro atoms. The van der Waals surface area contributed by atoms with Crippen LogP contribution in [0, 0.1) is 27.7 Å². The summed E-state index contributed by atoms with van der Waals surface area (Å²) in [6, 6.07) is 19.0. The highest BCUT2D eigenvalue weighted by Gasteiger charge is 2.40. The number of carbonyl (C=O) groups is 2. The van der Waals surface area contributed by atoms with E-state index in [-0.39, 0.29) is 17.5 Å². The molecule has 5 heteroatoms. The van der Waals surface area contributed by atoms with Gasteiger partial charge in [-0.25, -0.2) is 4.90 Å². The third kappa shape index (κ3) is 4.46. The molecule has 0 atom stereocenters. The van der Waals surface area contributed by atoms with Crippen LogP contribution in [0.2, 0.25) is 0 Å². The van der Waals surface area contributed by atoms with E-state index in [1.807, 2.05) is 95.3 Å². The molecule has 0 saturated carbocycles. The Morgan fingerprint density at radius 3 is 2.18 bits per heavy atom. The summed E-state index contributed by atoms with van der Waals surface area (Å²) in [5, 5.41) is 3.25. The molecule has 4 rings (SSSR count). The van der Waals surface area contributed by atoms with Crippen molar-refractivity contribution in [3.63, 3.8) is 0 Å². The van der Waals surface area contributed by atoms with Crippen molar-refractivity contribution in [2.75, 3.05) is 16.8 Å². The number of anilines is 2. The summed E-state index contributed by atoms with van der Waals surface area (Å²) in [6.07, 6.45) is 0.911. The molecule has 0 aromatic heterocycles.